The Kier molecular flexibility index (Phi) is 6.40. The molecule has 2 aliphatic carbocycles. The average Bonchev–Trinajstić information content (AvgIpc) is 3.42. The van der Waals surface area contributed by atoms with Crippen LogP contribution in [0.2, 0.25) is 0 Å². The van der Waals surface area contributed by atoms with E-state index >= 15 is 0 Å². The summed E-state index contributed by atoms with van der Waals surface area (Å²) in [5, 5.41) is 2.95. The number of aryl methyl sites for hydroxylation is 2. The van der Waals surface area contributed by atoms with Crippen LogP contribution in [-0.4, -0.2) is 34.2 Å². The van der Waals surface area contributed by atoms with Crippen LogP contribution in [-0.2, 0) is 46.4 Å². The number of amides is 1. The van der Waals surface area contributed by atoms with Crippen molar-refractivity contribution in [3.63, 3.8) is 0 Å². The van der Waals surface area contributed by atoms with E-state index in [2.05, 4.69) is 27.3 Å². The molecule has 2 aromatic rings. The maximum absolute atomic E-state index is 12.9. The number of anilines is 1. The fourth-order valence-corrected chi connectivity index (χ4v) is 4.41. The molecule has 166 valence electrons. The molecule has 1 heterocycles. The number of terminal acetylenes is 1. The van der Waals surface area contributed by atoms with Gasteiger partial charge in [0.15, 0.2) is 0 Å². The molecule has 0 aliphatic heterocycles. The van der Waals surface area contributed by atoms with Crippen molar-refractivity contribution < 1.29 is 19.1 Å². The molecule has 0 spiro atoms. The zero-order valence-corrected chi connectivity index (χ0v) is 18.4. The molecule has 1 aromatic carbocycles. The summed E-state index contributed by atoms with van der Waals surface area (Å²) < 4.78 is 10.8. The third kappa shape index (κ3) is 4.75. The Balaban J connectivity index is 1.53. The highest BCUT2D eigenvalue weighted by molar-refractivity contribution is 5.90. The topological polar surface area (TPSA) is 90.4 Å². The van der Waals surface area contributed by atoms with E-state index in [0.29, 0.717) is 11.4 Å². The standard InChI is InChI=1S/C25H27N3O4/c1-4-16-13-26-22(27-14-16)12-21(24(29)31-15(2)3)32-25(30)28-23-19-9-5-7-17(19)11-18-8-6-10-20(18)23/h1,11,13-15,21H,5-10,12H2,2-3H3,(H,28,30). The molecule has 0 saturated carbocycles. The maximum atomic E-state index is 12.9. The van der Waals surface area contributed by atoms with Crippen LogP contribution < -0.4 is 5.32 Å². The summed E-state index contributed by atoms with van der Waals surface area (Å²) in [6.45, 7) is 3.48. The molecular weight excluding hydrogens is 406 g/mol. The minimum absolute atomic E-state index is 0.00513. The van der Waals surface area contributed by atoms with Crippen LogP contribution in [0.15, 0.2) is 18.5 Å². The van der Waals surface area contributed by atoms with Gasteiger partial charge in [0, 0.05) is 12.4 Å². The van der Waals surface area contributed by atoms with Crippen LogP contribution in [0.5, 0.6) is 0 Å². The van der Waals surface area contributed by atoms with Crippen molar-refractivity contribution >= 4 is 17.7 Å². The van der Waals surface area contributed by atoms with Crippen molar-refractivity contribution in [1.82, 2.24) is 9.97 Å². The third-order valence-corrected chi connectivity index (χ3v) is 5.80. The van der Waals surface area contributed by atoms with Gasteiger partial charge in [-0.2, -0.15) is 0 Å². The van der Waals surface area contributed by atoms with E-state index in [4.69, 9.17) is 15.9 Å². The summed E-state index contributed by atoms with van der Waals surface area (Å²) >= 11 is 0. The number of esters is 1. The highest BCUT2D eigenvalue weighted by Crippen LogP contribution is 2.38. The summed E-state index contributed by atoms with van der Waals surface area (Å²) in [5.74, 6) is 2.15. The van der Waals surface area contributed by atoms with Crippen molar-refractivity contribution in [3.8, 4) is 12.3 Å². The number of carbonyl (C=O) groups is 2. The van der Waals surface area contributed by atoms with Crippen molar-refractivity contribution in [2.75, 3.05) is 5.32 Å². The van der Waals surface area contributed by atoms with Gasteiger partial charge >= 0.3 is 12.1 Å². The van der Waals surface area contributed by atoms with Gasteiger partial charge in [0.05, 0.1) is 23.8 Å². The summed E-state index contributed by atoms with van der Waals surface area (Å²) in [6, 6.07) is 2.29. The highest BCUT2D eigenvalue weighted by Gasteiger charge is 2.29. The zero-order chi connectivity index (χ0) is 22.7. The summed E-state index contributed by atoms with van der Waals surface area (Å²) in [4.78, 5) is 33.9. The van der Waals surface area contributed by atoms with Crippen molar-refractivity contribution in [2.45, 2.75) is 71.0 Å². The predicted molar refractivity (Wildman–Crippen MR) is 119 cm³/mol. The monoisotopic (exact) mass is 433 g/mol. The van der Waals surface area contributed by atoms with Gasteiger partial charge in [0.25, 0.3) is 0 Å². The SMILES string of the molecule is C#Cc1cnc(CC(OC(=O)Nc2c3c(cc4c2CCC4)CCC3)C(=O)OC(C)C)nc1. The molecule has 7 nitrogen and oxygen atoms in total. The van der Waals surface area contributed by atoms with E-state index in [1.54, 1.807) is 13.8 Å². The van der Waals surface area contributed by atoms with Gasteiger partial charge in [0.1, 0.15) is 5.82 Å². The molecule has 0 fully saturated rings. The lowest BCUT2D eigenvalue weighted by molar-refractivity contribution is -0.157. The average molecular weight is 434 g/mol. The molecule has 4 rings (SSSR count). The lowest BCUT2D eigenvalue weighted by Gasteiger charge is -2.20. The largest absolute Gasteiger partial charge is 0.460 e. The van der Waals surface area contributed by atoms with E-state index in [0.717, 1.165) is 44.2 Å². The Morgan fingerprint density at radius 2 is 1.69 bits per heavy atom. The highest BCUT2D eigenvalue weighted by atomic mass is 16.6. The minimum Gasteiger partial charge on any atom is -0.460 e. The van der Waals surface area contributed by atoms with Gasteiger partial charge in [-0.05, 0) is 74.6 Å². The van der Waals surface area contributed by atoms with Gasteiger partial charge in [-0.1, -0.05) is 12.0 Å². The Morgan fingerprint density at radius 3 is 2.25 bits per heavy atom. The molecule has 2 aliphatic rings. The molecule has 1 N–H and O–H groups in total. The Labute approximate surface area is 187 Å². The van der Waals surface area contributed by atoms with E-state index in [-0.39, 0.29) is 12.5 Å². The maximum Gasteiger partial charge on any atom is 0.412 e. The van der Waals surface area contributed by atoms with Gasteiger partial charge in [-0.25, -0.2) is 19.6 Å². The molecule has 1 atom stereocenters. The Hall–Kier alpha value is -3.40. The fraction of sp³-hybridized carbons (Fsp3) is 0.440. The van der Waals surface area contributed by atoms with Crippen molar-refractivity contribution in [2.24, 2.45) is 0 Å². The van der Waals surface area contributed by atoms with Crippen LogP contribution in [0.1, 0.15) is 60.3 Å². The lowest BCUT2D eigenvalue weighted by atomic mass is 9.99. The number of fused-ring (bicyclic) bond motifs is 2. The number of nitrogens with zero attached hydrogens (tertiary/aromatic N) is 2. The van der Waals surface area contributed by atoms with Crippen LogP contribution in [0, 0.1) is 12.3 Å². The van der Waals surface area contributed by atoms with E-state index in [9.17, 15) is 9.59 Å². The number of aromatic nitrogens is 2. The number of nitrogens with one attached hydrogen (secondary N) is 1. The fourth-order valence-electron chi connectivity index (χ4n) is 4.41. The third-order valence-electron chi connectivity index (χ3n) is 5.80. The van der Waals surface area contributed by atoms with E-state index < -0.39 is 18.2 Å². The first-order chi connectivity index (χ1) is 15.4. The number of rotatable bonds is 6. The summed E-state index contributed by atoms with van der Waals surface area (Å²) in [6.07, 6.45) is 12.2. The Bertz CT molecular complexity index is 1040. The molecule has 7 heteroatoms. The summed E-state index contributed by atoms with van der Waals surface area (Å²) in [7, 11) is 0. The van der Waals surface area contributed by atoms with Crippen molar-refractivity contribution in [3.05, 3.63) is 52.1 Å². The number of hydrogen-bond acceptors (Lipinski definition) is 6. The normalized spacial score (nSPS) is 14.9. The molecule has 0 bridgehead atoms. The van der Waals surface area contributed by atoms with Gasteiger partial charge < -0.3 is 9.47 Å². The summed E-state index contributed by atoms with van der Waals surface area (Å²) in [5.41, 5.74) is 6.38. The Morgan fingerprint density at radius 1 is 1.06 bits per heavy atom. The second-order valence-corrected chi connectivity index (χ2v) is 8.48. The molecule has 0 saturated heterocycles. The first-order valence-electron chi connectivity index (χ1n) is 11.1. The quantitative estimate of drug-likeness (QED) is 0.554. The predicted octanol–water partition coefficient (Wildman–Crippen LogP) is 3.55. The van der Waals surface area contributed by atoms with Crippen LogP contribution in [0.3, 0.4) is 0 Å². The van der Waals surface area contributed by atoms with Crippen molar-refractivity contribution in [1.29, 1.82) is 0 Å². The first kappa shape index (κ1) is 21.8. The number of benzene rings is 1. The van der Waals surface area contributed by atoms with Gasteiger partial charge in [0.2, 0.25) is 6.10 Å². The zero-order valence-electron chi connectivity index (χ0n) is 18.4. The number of ether oxygens (including phenoxy) is 2. The molecule has 1 aromatic heterocycles. The minimum atomic E-state index is -1.17. The first-order valence-corrected chi connectivity index (χ1v) is 11.1. The van der Waals surface area contributed by atoms with Gasteiger partial charge in [-0.15, -0.1) is 6.42 Å². The molecule has 0 radical (unpaired) electrons. The number of carbonyl (C=O) groups excluding carboxylic acids is 2. The van der Waals surface area contributed by atoms with Crippen LogP contribution in [0.25, 0.3) is 0 Å². The molecule has 32 heavy (non-hydrogen) atoms. The van der Waals surface area contributed by atoms with E-state index in [1.807, 2.05) is 0 Å². The number of hydrogen-bond donors (Lipinski definition) is 1. The smallest absolute Gasteiger partial charge is 0.412 e. The van der Waals surface area contributed by atoms with Crippen LogP contribution in [0.4, 0.5) is 10.5 Å². The second-order valence-electron chi connectivity index (χ2n) is 8.48. The van der Waals surface area contributed by atoms with Crippen LogP contribution >= 0.6 is 0 Å². The van der Waals surface area contributed by atoms with Gasteiger partial charge in [-0.3, -0.25) is 5.32 Å². The molecule has 1 amide bonds. The molecule has 1 unspecified atom stereocenters. The molecular formula is C25H27N3O4. The second kappa shape index (κ2) is 9.39. The van der Waals surface area contributed by atoms with E-state index in [1.165, 1.54) is 34.6 Å². The lowest BCUT2D eigenvalue weighted by Crippen LogP contribution is -2.35.